The third kappa shape index (κ3) is 8.11. The second-order valence-electron chi connectivity index (χ2n) is 9.97. The van der Waals surface area contributed by atoms with Gasteiger partial charge in [0.05, 0.1) is 10.6 Å². The topological polar surface area (TPSA) is 86.8 Å². The predicted octanol–water partition coefficient (Wildman–Crippen LogP) is 6.17. The summed E-state index contributed by atoms with van der Waals surface area (Å²) in [6.45, 7) is 6.48. The number of nitrogens with one attached hydrogen (secondary N) is 1. The van der Waals surface area contributed by atoms with Crippen LogP contribution in [-0.4, -0.2) is 43.3 Å². The third-order valence-electron chi connectivity index (χ3n) is 5.74. The Hall–Kier alpha value is -2.78. The lowest BCUT2D eigenvalue weighted by Gasteiger charge is -2.33. The fraction of sp³-hybridized carbons (Fsp3) is 0.286. The van der Waals surface area contributed by atoms with Gasteiger partial charge >= 0.3 is 0 Å². The summed E-state index contributed by atoms with van der Waals surface area (Å²) in [4.78, 5) is 28.3. The molecule has 0 aliphatic rings. The second kappa shape index (κ2) is 12.6. The first-order valence-electron chi connectivity index (χ1n) is 12.1. The minimum Gasteiger partial charge on any atom is -0.350 e. The SMILES string of the molecule is CC(C(=O)NC(C)(C)C)N(Cc1ccccc1Cl)C(=O)CN(c1cccc(Cl)c1)S(=O)(=O)c1ccc(Cl)cc1. The lowest BCUT2D eigenvalue weighted by Crippen LogP contribution is -2.54. The minimum absolute atomic E-state index is 0.0123. The number of benzene rings is 3. The summed E-state index contributed by atoms with van der Waals surface area (Å²) in [6, 6.07) is 17.8. The summed E-state index contributed by atoms with van der Waals surface area (Å²) in [5, 5.41) is 3.96. The normalized spacial score (nSPS) is 12.5. The molecule has 0 saturated carbocycles. The molecular weight excluding hydrogens is 581 g/mol. The van der Waals surface area contributed by atoms with Crippen molar-refractivity contribution in [1.29, 1.82) is 0 Å². The van der Waals surface area contributed by atoms with Crippen LogP contribution < -0.4 is 9.62 Å². The summed E-state index contributed by atoms with van der Waals surface area (Å²) >= 11 is 18.5. The molecule has 0 fully saturated rings. The number of halogens is 3. The molecule has 0 spiro atoms. The maximum Gasteiger partial charge on any atom is 0.264 e. The van der Waals surface area contributed by atoms with Gasteiger partial charge in [-0.15, -0.1) is 0 Å². The number of sulfonamides is 1. The van der Waals surface area contributed by atoms with E-state index < -0.39 is 40.0 Å². The molecule has 0 aliphatic heterocycles. The third-order valence-corrected chi connectivity index (χ3v) is 8.38. The Morgan fingerprint density at radius 1 is 0.897 bits per heavy atom. The van der Waals surface area contributed by atoms with Crippen molar-refractivity contribution in [2.75, 3.05) is 10.8 Å². The Labute approximate surface area is 244 Å². The van der Waals surface area contributed by atoms with E-state index >= 15 is 0 Å². The summed E-state index contributed by atoms with van der Waals surface area (Å²) < 4.78 is 28.5. The summed E-state index contributed by atoms with van der Waals surface area (Å²) in [5.74, 6) is -0.998. The monoisotopic (exact) mass is 609 g/mol. The van der Waals surface area contributed by atoms with Crippen molar-refractivity contribution in [1.82, 2.24) is 10.2 Å². The molecule has 7 nitrogen and oxygen atoms in total. The van der Waals surface area contributed by atoms with Crippen molar-refractivity contribution >= 4 is 62.3 Å². The van der Waals surface area contributed by atoms with Gasteiger partial charge in [-0.2, -0.15) is 0 Å². The van der Waals surface area contributed by atoms with Gasteiger partial charge in [0, 0.05) is 27.2 Å². The molecule has 0 heterocycles. The largest absolute Gasteiger partial charge is 0.350 e. The number of rotatable bonds is 9. The van der Waals surface area contributed by atoms with Gasteiger partial charge in [0.15, 0.2) is 0 Å². The van der Waals surface area contributed by atoms with E-state index in [1.165, 1.54) is 35.2 Å². The van der Waals surface area contributed by atoms with Crippen molar-refractivity contribution in [3.05, 3.63) is 93.4 Å². The summed E-state index contributed by atoms with van der Waals surface area (Å²) in [6.07, 6.45) is 0. The van der Waals surface area contributed by atoms with Crippen LogP contribution in [0.15, 0.2) is 77.7 Å². The first-order chi connectivity index (χ1) is 18.2. The number of hydrogen-bond acceptors (Lipinski definition) is 4. The predicted molar refractivity (Wildman–Crippen MR) is 157 cm³/mol. The van der Waals surface area contributed by atoms with Crippen molar-refractivity contribution in [3.8, 4) is 0 Å². The van der Waals surface area contributed by atoms with Gasteiger partial charge in [0.25, 0.3) is 10.0 Å². The zero-order valence-corrected chi connectivity index (χ0v) is 25.1. The van der Waals surface area contributed by atoms with Gasteiger partial charge in [0.2, 0.25) is 11.8 Å². The number of nitrogens with zero attached hydrogens (tertiary/aromatic N) is 2. The molecular formula is C28H30Cl3N3O4S. The van der Waals surface area contributed by atoms with E-state index in [0.29, 0.717) is 20.6 Å². The lowest BCUT2D eigenvalue weighted by molar-refractivity contribution is -0.140. The lowest BCUT2D eigenvalue weighted by atomic mass is 10.1. The van der Waals surface area contributed by atoms with Crippen LogP contribution in [0.25, 0.3) is 0 Å². The molecule has 2 amide bonds. The van der Waals surface area contributed by atoms with Gasteiger partial charge in [-0.3, -0.25) is 13.9 Å². The maximum absolute atomic E-state index is 13.9. The van der Waals surface area contributed by atoms with Gasteiger partial charge < -0.3 is 10.2 Å². The zero-order valence-electron chi connectivity index (χ0n) is 22.0. The molecule has 1 atom stereocenters. The smallest absolute Gasteiger partial charge is 0.264 e. The van der Waals surface area contributed by atoms with Gasteiger partial charge in [-0.05, 0) is 81.8 Å². The van der Waals surface area contributed by atoms with E-state index in [0.717, 1.165) is 4.31 Å². The number of anilines is 1. The van der Waals surface area contributed by atoms with Crippen molar-refractivity contribution in [2.24, 2.45) is 0 Å². The zero-order chi connectivity index (χ0) is 29.0. The molecule has 3 rings (SSSR count). The van der Waals surface area contributed by atoms with Crippen molar-refractivity contribution < 1.29 is 18.0 Å². The van der Waals surface area contributed by atoms with Gasteiger partial charge in [-0.1, -0.05) is 59.1 Å². The Kier molecular flexibility index (Phi) is 9.93. The molecule has 0 radical (unpaired) electrons. The van der Waals surface area contributed by atoms with Crippen LogP contribution in [0.3, 0.4) is 0 Å². The van der Waals surface area contributed by atoms with Crippen LogP contribution in [0.1, 0.15) is 33.3 Å². The molecule has 3 aromatic rings. The highest BCUT2D eigenvalue weighted by atomic mass is 35.5. The van der Waals surface area contributed by atoms with Gasteiger partial charge in [-0.25, -0.2) is 8.42 Å². The van der Waals surface area contributed by atoms with E-state index in [2.05, 4.69) is 5.32 Å². The highest BCUT2D eigenvalue weighted by Crippen LogP contribution is 2.28. The molecule has 39 heavy (non-hydrogen) atoms. The minimum atomic E-state index is -4.23. The highest BCUT2D eigenvalue weighted by Gasteiger charge is 2.33. The number of carbonyl (C=O) groups is 2. The Morgan fingerprint density at radius 2 is 1.54 bits per heavy atom. The van der Waals surface area contributed by atoms with Crippen LogP contribution in [0.4, 0.5) is 5.69 Å². The average molecular weight is 611 g/mol. The summed E-state index contributed by atoms with van der Waals surface area (Å²) in [5.41, 5.74) is 0.253. The Balaban J connectivity index is 2.05. The van der Waals surface area contributed by atoms with E-state index in [4.69, 9.17) is 34.8 Å². The van der Waals surface area contributed by atoms with E-state index in [9.17, 15) is 18.0 Å². The summed E-state index contributed by atoms with van der Waals surface area (Å²) in [7, 11) is -4.23. The molecule has 0 saturated heterocycles. The van der Waals surface area contributed by atoms with Crippen LogP contribution >= 0.6 is 34.8 Å². The van der Waals surface area contributed by atoms with Crippen LogP contribution in [0.2, 0.25) is 15.1 Å². The molecule has 1 unspecified atom stereocenters. The number of amides is 2. The Bertz CT molecular complexity index is 1440. The van der Waals surface area contributed by atoms with E-state index in [-0.39, 0.29) is 17.1 Å². The first-order valence-corrected chi connectivity index (χ1v) is 14.7. The molecule has 208 valence electrons. The van der Waals surface area contributed by atoms with Crippen molar-refractivity contribution in [3.63, 3.8) is 0 Å². The Morgan fingerprint density at radius 3 is 2.13 bits per heavy atom. The van der Waals surface area contributed by atoms with Gasteiger partial charge in [0.1, 0.15) is 12.6 Å². The second-order valence-corrected chi connectivity index (χ2v) is 13.1. The van der Waals surface area contributed by atoms with Crippen LogP contribution in [-0.2, 0) is 26.2 Å². The standard InChI is InChI=1S/C28H30Cl3N3O4S/c1-19(27(36)32-28(2,3)4)33(17-20-8-5-6-11-25(20)31)26(35)18-34(23-10-7-9-22(30)16-23)39(37,38)24-14-12-21(29)13-15-24/h5-16,19H,17-18H2,1-4H3,(H,32,36). The quantitative estimate of drug-likeness (QED) is 0.314. The first kappa shape index (κ1) is 30.8. The van der Waals surface area contributed by atoms with Crippen molar-refractivity contribution in [2.45, 2.75) is 50.7 Å². The maximum atomic E-state index is 13.9. The van der Waals surface area contributed by atoms with E-state index in [1.54, 1.807) is 49.4 Å². The fourth-order valence-electron chi connectivity index (χ4n) is 3.76. The molecule has 3 aromatic carbocycles. The molecule has 0 bridgehead atoms. The average Bonchev–Trinajstić information content (AvgIpc) is 2.85. The molecule has 11 heteroatoms. The number of hydrogen-bond donors (Lipinski definition) is 1. The van der Waals surface area contributed by atoms with Crippen LogP contribution in [0, 0.1) is 0 Å². The molecule has 1 N–H and O–H groups in total. The number of carbonyl (C=O) groups excluding carboxylic acids is 2. The molecule has 0 aliphatic carbocycles. The molecule has 0 aromatic heterocycles. The van der Waals surface area contributed by atoms with E-state index in [1.807, 2.05) is 20.8 Å². The highest BCUT2D eigenvalue weighted by molar-refractivity contribution is 7.92. The fourth-order valence-corrected chi connectivity index (χ4v) is 5.67. The van der Waals surface area contributed by atoms with Crippen LogP contribution in [0.5, 0.6) is 0 Å².